The van der Waals surface area contributed by atoms with Crippen LogP contribution in [-0.2, 0) is 14.3 Å². The number of aliphatic hydroxyl groups excluding tert-OH is 1. The number of nitrogens with zero attached hydrogens (tertiary/aromatic N) is 1. The molecule has 5 nitrogen and oxygen atoms in total. The molecule has 0 radical (unpaired) electrons. The molecule has 0 heterocycles. The molecule has 0 aliphatic heterocycles. The molecule has 0 unspecified atom stereocenters. The summed E-state index contributed by atoms with van der Waals surface area (Å²) in [6.07, 6.45) is 38.2. The molecule has 0 atom stereocenters. The first-order valence-electron chi connectivity index (χ1n) is 21.3. The predicted octanol–water partition coefficient (Wildman–Crippen LogP) is 12.4. The van der Waals surface area contributed by atoms with Gasteiger partial charge in [-0.15, -0.1) is 0 Å². The lowest BCUT2D eigenvalue weighted by Crippen LogP contribution is -2.29. The number of carbonyl (C=O) groups is 1. The maximum absolute atomic E-state index is 12.7. The van der Waals surface area contributed by atoms with E-state index < -0.39 is 0 Å². The van der Waals surface area contributed by atoms with E-state index in [9.17, 15) is 9.90 Å². The van der Waals surface area contributed by atoms with Gasteiger partial charge in [0.1, 0.15) is 6.10 Å². The molecule has 0 rings (SSSR count). The fourth-order valence-corrected chi connectivity index (χ4v) is 6.58. The zero-order chi connectivity index (χ0) is 34.3. The molecule has 0 saturated carbocycles. The Hall–Kier alpha value is -0.650. The van der Waals surface area contributed by atoms with E-state index in [1.165, 1.54) is 161 Å². The number of rotatable bonds is 40. The highest BCUT2D eigenvalue weighted by molar-refractivity contribution is 5.69. The number of ether oxygens (including phenoxy) is 2. The highest BCUT2D eigenvalue weighted by Crippen LogP contribution is 2.18. The van der Waals surface area contributed by atoms with Crippen molar-refractivity contribution in [2.75, 3.05) is 39.5 Å². The number of unbranched alkanes of at least 4 members (excludes halogenated alkanes) is 23. The second kappa shape index (κ2) is 39.8. The number of esters is 1. The molecule has 0 spiro atoms. The highest BCUT2D eigenvalue weighted by atomic mass is 16.5. The van der Waals surface area contributed by atoms with Crippen molar-refractivity contribution >= 4 is 5.97 Å². The van der Waals surface area contributed by atoms with Crippen molar-refractivity contribution in [3.05, 3.63) is 0 Å². The monoisotopic (exact) mass is 668 g/mol. The van der Waals surface area contributed by atoms with Gasteiger partial charge in [0.05, 0.1) is 6.61 Å². The molecule has 0 bridgehead atoms. The van der Waals surface area contributed by atoms with E-state index in [1.807, 2.05) is 0 Å². The van der Waals surface area contributed by atoms with E-state index in [0.29, 0.717) is 6.42 Å². The highest BCUT2D eigenvalue weighted by Gasteiger charge is 2.14. The van der Waals surface area contributed by atoms with Crippen molar-refractivity contribution in [1.82, 2.24) is 4.90 Å². The zero-order valence-electron chi connectivity index (χ0n) is 32.4. The van der Waals surface area contributed by atoms with Gasteiger partial charge in [-0.05, 0) is 77.3 Å². The van der Waals surface area contributed by atoms with Crippen LogP contribution < -0.4 is 0 Å². The largest absolute Gasteiger partial charge is 0.462 e. The summed E-state index contributed by atoms with van der Waals surface area (Å²) in [6, 6.07) is 0. The first-order valence-corrected chi connectivity index (χ1v) is 21.3. The number of hydrogen-bond acceptors (Lipinski definition) is 5. The molecule has 0 aromatic carbocycles. The minimum absolute atomic E-state index is 0.0275. The summed E-state index contributed by atoms with van der Waals surface area (Å²) < 4.78 is 11.9. The van der Waals surface area contributed by atoms with E-state index in [0.717, 1.165) is 65.0 Å². The SMILES string of the molecule is CCCCCCCCCCOCCCCCN(CCO)CCCCCCCC(=O)OC(CCCCCCCC)CCCCCCCC. The molecule has 0 amide bonds. The Bertz CT molecular complexity index is 585. The van der Waals surface area contributed by atoms with Crippen molar-refractivity contribution in [3.8, 4) is 0 Å². The average Bonchev–Trinajstić information content (AvgIpc) is 3.07. The number of aliphatic hydroxyl groups is 1. The average molecular weight is 668 g/mol. The van der Waals surface area contributed by atoms with Crippen molar-refractivity contribution in [1.29, 1.82) is 0 Å². The molecule has 0 aromatic heterocycles. The van der Waals surface area contributed by atoms with E-state index in [2.05, 4.69) is 25.7 Å². The van der Waals surface area contributed by atoms with Gasteiger partial charge in [0, 0.05) is 26.2 Å². The fourth-order valence-electron chi connectivity index (χ4n) is 6.58. The third kappa shape index (κ3) is 36.5. The summed E-state index contributed by atoms with van der Waals surface area (Å²) in [6.45, 7) is 11.8. The summed E-state index contributed by atoms with van der Waals surface area (Å²) in [7, 11) is 0. The Kier molecular flexibility index (Phi) is 39.2. The van der Waals surface area contributed by atoms with Gasteiger partial charge in [-0.25, -0.2) is 0 Å². The minimum Gasteiger partial charge on any atom is -0.462 e. The molecular weight excluding hydrogens is 582 g/mol. The Balaban J connectivity index is 3.91. The third-order valence-electron chi connectivity index (χ3n) is 9.73. The van der Waals surface area contributed by atoms with Gasteiger partial charge in [-0.1, -0.05) is 149 Å². The van der Waals surface area contributed by atoms with Crippen LogP contribution in [0.15, 0.2) is 0 Å². The smallest absolute Gasteiger partial charge is 0.306 e. The summed E-state index contributed by atoms with van der Waals surface area (Å²) in [5.74, 6) is 0.0275. The Labute approximate surface area is 295 Å². The maximum Gasteiger partial charge on any atom is 0.306 e. The molecule has 0 fully saturated rings. The van der Waals surface area contributed by atoms with Crippen LogP contribution in [0.1, 0.15) is 220 Å². The van der Waals surface area contributed by atoms with Crippen LogP contribution >= 0.6 is 0 Å². The second-order valence-electron chi connectivity index (χ2n) is 14.5. The first kappa shape index (κ1) is 46.4. The molecule has 282 valence electrons. The van der Waals surface area contributed by atoms with E-state index in [1.54, 1.807) is 0 Å². The number of carbonyl (C=O) groups excluding carboxylic acids is 1. The van der Waals surface area contributed by atoms with Crippen molar-refractivity contribution in [3.63, 3.8) is 0 Å². The lowest BCUT2D eigenvalue weighted by molar-refractivity contribution is -0.150. The Morgan fingerprint density at radius 3 is 1.34 bits per heavy atom. The van der Waals surface area contributed by atoms with Crippen LogP contribution in [-0.4, -0.2) is 61.5 Å². The maximum atomic E-state index is 12.7. The predicted molar refractivity (Wildman–Crippen MR) is 204 cm³/mol. The van der Waals surface area contributed by atoms with Gasteiger partial charge in [-0.2, -0.15) is 0 Å². The number of hydrogen-bond donors (Lipinski definition) is 1. The van der Waals surface area contributed by atoms with Gasteiger partial charge >= 0.3 is 5.97 Å². The molecule has 0 aliphatic carbocycles. The standard InChI is InChI=1S/C42H85NO4/c1-4-7-10-13-16-17-23-30-39-46-40-31-24-29-36-43(37-38-44)35-28-22-18-21-27-34-42(45)47-41(32-25-19-14-11-8-5-2)33-26-20-15-12-9-6-3/h41,44H,4-40H2,1-3H3. The van der Waals surface area contributed by atoms with Crippen LogP contribution in [0, 0.1) is 0 Å². The summed E-state index contributed by atoms with van der Waals surface area (Å²) in [4.78, 5) is 15.1. The van der Waals surface area contributed by atoms with Gasteiger partial charge < -0.3 is 19.5 Å². The second-order valence-corrected chi connectivity index (χ2v) is 14.5. The molecule has 5 heteroatoms. The lowest BCUT2D eigenvalue weighted by atomic mass is 10.0. The van der Waals surface area contributed by atoms with Gasteiger partial charge in [0.2, 0.25) is 0 Å². The Morgan fingerprint density at radius 1 is 0.489 bits per heavy atom. The van der Waals surface area contributed by atoms with Crippen molar-refractivity contribution in [2.45, 2.75) is 226 Å². The van der Waals surface area contributed by atoms with Crippen LogP contribution in [0.2, 0.25) is 0 Å². The molecule has 0 aromatic rings. The fraction of sp³-hybridized carbons (Fsp3) is 0.976. The van der Waals surface area contributed by atoms with Gasteiger partial charge in [0.25, 0.3) is 0 Å². The topological polar surface area (TPSA) is 59.0 Å². The summed E-state index contributed by atoms with van der Waals surface area (Å²) in [5.41, 5.74) is 0. The van der Waals surface area contributed by atoms with Gasteiger partial charge in [-0.3, -0.25) is 4.79 Å². The molecule has 47 heavy (non-hydrogen) atoms. The minimum atomic E-state index is 0.0275. The molecule has 0 aliphatic rings. The zero-order valence-corrected chi connectivity index (χ0v) is 32.4. The van der Waals surface area contributed by atoms with Crippen LogP contribution in [0.4, 0.5) is 0 Å². The quantitative estimate of drug-likeness (QED) is 0.0520. The van der Waals surface area contributed by atoms with Crippen LogP contribution in [0.5, 0.6) is 0 Å². The van der Waals surface area contributed by atoms with E-state index in [4.69, 9.17) is 9.47 Å². The summed E-state index contributed by atoms with van der Waals surface area (Å²) in [5, 5.41) is 9.52. The van der Waals surface area contributed by atoms with Crippen LogP contribution in [0.25, 0.3) is 0 Å². The molecular formula is C42H85NO4. The molecule has 0 saturated heterocycles. The normalized spacial score (nSPS) is 11.7. The van der Waals surface area contributed by atoms with E-state index >= 15 is 0 Å². The van der Waals surface area contributed by atoms with Gasteiger partial charge in [0.15, 0.2) is 0 Å². The molecule has 1 N–H and O–H groups in total. The Morgan fingerprint density at radius 2 is 0.872 bits per heavy atom. The van der Waals surface area contributed by atoms with Crippen molar-refractivity contribution in [2.24, 2.45) is 0 Å². The van der Waals surface area contributed by atoms with E-state index in [-0.39, 0.29) is 18.7 Å². The lowest BCUT2D eigenvalue weighted by Gasteiger charge is -2.21. The van der Waals surface area contributed by atoms with Crippen LogP contribution in [0.3, 0.4) is 0 Å². The first-order chi connectivity index (χ1) is 23.2. The third-order valence-corrected chi connectivity index (χ3v) is 9.73. The summed E-state index contributed by atoms with van der Waals surface area (Å²) >= 11 is 0. The van der Waals surface area contributed by atoms with Crippen molar-refractivity contribution < 1.29 is 19.4 Å².